The Morgan fingerprint density at radius 3 is 0.842 bits per heavy atom. The van der Waals surface area contributed by atoms with Gasteiger partial charge in [-0.3, -0.25) is 0 Å². The van der Waals surface area contributed by atoms with E-state index in [1.807, 2.05) is 68.0 Å². The Morgan fingerprint density at radius 2 is 0.525 bits per heavy atom. The van der Waals surface area contributed by atoms with Crippen LogP contribution in [0.25, 0.3) is 128 Å². The molecule has 0 saturated carbocycles. The fraction of sp³-hybridized carbons (Fsp3) is 0.309. The van der Waals surface area contributed by atoms with Gasteiger partial charge in [-0.1, -0.05) is 64.5 Å². The molecule has 0 aliphatic heterocycles. The van der Waals surface area contributed by atoms with E-state index in [1.165, 1.54) is 273 Å². The van der Waals surface area contributed by atoms with Crippen molar-refractivity contribution in [3.8, 4) is 83.5 Å². The van der Waals surface area contributed by atoms with E-state index >= 15 is 0 Å². The molecule has 0 amide bonds. The van der Waals surface area contributed by atoms with Gasteiger partial charge in [0.15, 0.2) is 0 Å². The van der Waals surface area contributed by atoms with Crippen LogP contribution in [0.15, 0.2) is 103 Å². The monoisotopic (exact) mass is 1550 g/mol. The van der Waals surface area contributed by atoms with Crippen LogP contribution in [0.1, 0.15) is 143 Å². The van der Waals surface area contributed by atoms with Gasteiger partial charge in [-0.25, -0.2) is 0 Å². The molecule has 0 spiro atoms. The zero-order valence-electron chi connectivity index (χ0n) is 59.9. The number of rotatable bonds is 18. The smallest absolute Gasteiger partial charge is 0.114 e. The van der Waals surface area contributed by atoms with Gasteiger partial charge in [0, 0.05) is 123 Å². The van der Waals surface area contributed by atoms with Gasteiger partial charge < -0.3 is 0 Å². The predicted octanol–water partition coefficient (Wildman–Crippen LogP) is 28.8. The van der Waals surface area contributed by atoms with Crippen molar-refractivity contribution in [2.24, 2.45) is 0 Å². The van der Waals surface area contributed by atoms with Crippen molar-refractivity contribution >= 4 is 182 Å². The number of fused-ring (bicyclic) bond motifs is 4. The molecule has 12 heterocycles. The van der Waals surface area contributed by atoms with Crippen LogP contribution in [0.3, 0.4) is 0 Å². The van der Waals surface area contributed by atoms with Gasteiger partial charge in [0.1, 0.15) is 44.1 Å². The van der Waals surface area contributed by atoms with Gasteiger partial charge in [-0.05, 0) is 246 Å². The van der Waals surface area contributed by atoms with Crippen molar-refractivity contribution in [2.45, 2.75) is 168 Å². The standard InChI is InChI=1S/C30H40N2S3.C18H16N2S3.C17H14N2S3.C16H12N2S3/c1-7-9-11-13-15-23-17-25(33-21(23)5)27-19(3)20(4)28(30-29(27)31-35-32-30)26-18-24(22(6)34-26)16-14-12-10-8-2;1-9-5-7-13(21-9)15-11(3)12(4)16(14-8-6-10(2)22-14)18-17(15)19-23-20-18;1-9-8-12(13-6-4-10(2)20-13)16-17(19-22-18-16)15(9)14-7-5-11(3)21-14;1-9-3-7-13(19-9)11-5-6-12(14-8-4-10(2)20-14)16-15(11)17-21-18-16/h17-18H,7-16H2,1-6H3;5-8H,1-4H3;4-8H,1-3H3;3-8H,1-2H3. The van der Waals surface area contributed by atoms with Crippen molar-refractivity contribution in [3.05, 3.63) is 181 Å². The predicted molar refractivity (Wildman–Crippen MR) is 453 cm³/mol. The molecule has 518 valence electrons. The Morgan fingerprint density at radius 1 is 0.248 bits per heavy atom. The first kappa shape index (κ1) is 73.1. The Hall–Kier alpha value is -6.24. The molecule has 0 saturated heterocycles. The van der Waals surface area contributed by atoms with Crippen molar-refractivity contribution in [1.82, 2.24) is 35.0 Å². The quantitative estimate of drug-likeness (QED) is 0.0783. The average Bonchev–Trinajstić information content (AvgIpc) is 1.72. The summed E-state index contributed by atoms with van der Waals surface area (Å²) in [5.41, 5.74) is 27.9. The molecule has 20 heteroatoms. The van der Waals surface area contributed by atoms with E-state index in [4.69, 9.17) is 8.75 Å². The fourth-order valence-corrected chi connectivity index (χ4v) is 23.4. The lowest BCUT2D eigenvalue weighted by molar-refractivity contribution is 0.666. The molecule has 0 radical (unpaired) electrons. The van der Waals surface area contributed by atoms with Crippen LogP contribution in [0.5, 0.6) is 0 Å². The minimum Gasteiger partial charge on any atom is -0.172 e. The fourth-order valence-electron chi connectivity index (χ4n) is 13.2. The third-order valence-corrected chi connectivity index (χ3v) is 29.3. The molecular weight excluding hydrogens is 1470 g/mol. The lowest BCUT2D eigenvalue weighted by Crippen LogP contribution is -1.93. The third kappa shape index (κ3) is 15.6. The summed E-state index contributed by atoms with van der Waals surface area (Å²) < 4.78 is 37.2. The molecule has 0 N–H and O–H groups in total. The highest BCUT2D eigenvalue weighted by atomic mass is 32.1. The zero-order chi connectivity index (χ0) is 70.8. The summed E-state index contributed by atoms with van der Waals surface area (Å²) in [4.78, 5) is 21.2. The van der Waals surface area contributed by atoms with E-state index < -0.39 is 0 Å². The van der Waals surface area contributed by atoms with Crippen LogP contribution in [-0.2, 0) is 12.8 Å². The SMILES string of the molecule is CCCCCCc1cc(-c2c(C)c(C)c(-c3cc(CCCCCC)c(C)s3)c3nsnc23)sc1C.Cc1ccc(-c2c(C)c(C)c(-c3ccc(C)s3)c3nsnc23)s1.Cc1ccc(-c2cc(C)c(-c3ccc(C)s3)c3nsnc23)s1.Cc1ccc(-c2ccc(-c3ccc(C)s3)c3nsnc23)s1. The van der Waals surface area contributed by atoms with Crippen LogP contribution in [0.2, 0.25) is 0 Å². The number of benzene rings is 4. The molecule has 4 aromatic carbocycles. The van der Waals surface area contributed by atoms with Crippen molar-refractivity contribution in [3.63, 3.8) is 0 Å². The third-order valence-electron chi connectivity index (χ3n) is 18.8. The number of hydrogen-bond acceptors (Lipinski definition) is 20. The second kappa shape index (κ2) is 32.4. The maximum Gasteiger partial charge on any atom is 0.114 e. The summed E-state index contributed by atoms with van der Waals surface area (Å²) in [5, 5.41) is 0. The number of unbranched alkanes of at least 4 members (excludes halogenated alkanes) is 6. The van der Waals surface area contributed by atoms with Gasteiger partial charge in [0.2, 0.25) is 0 Å². The van der Waals surface area contributed by atoms with Gasteiger partial charge >= 0.3 is 0 Å². The van der Waals surface area contributed by atoms with Crippen LogP contribution >= 0.6 is 138 Å². The maximum absolute atomic E-state index is 4.85. The van der Waals surface area contributed by atoms with Gasteiger partial charge in [0.25, 0.3) is 0 Å². The van der Waals surface area contributed by atoms with Crippen LogP contribution in [0, 0.1) is 90.0 Å². The molecule has 0 fully saturated rings. The summed E-state index contributed by atoms with van der Waals surface area (Å²) in [7, 11) is 0. The van der Waals surface area contributed by atoms with E-state index in [-0.39, 0.29) is 0 Å². The number of nitrogens with zero attached hydrogens (tertiary/aromatic N) is 8. The second-order valence-corrected chi connectivity index (χ2v) is 38.4. The van der Waals surface area contributed by atoms with Crippen molar-refractivity contribution in [1.29, 1.82) is 0 Å². The molecule has 101 heavy (non-hydrogen) atoms. The molecule has 0 bridgehead atoms. The molecule has 16 aromatic rings. The summed E-state index contributed by atoms with van der Waals surface area (Å²) in [6, 6.07) is 37.6. The first-order valence-electron chi connectivity index (χ1n) is 34.5. The number of hydrogen-bond donors (Lipinski definition) is 0. The summed E-state index contributed by atoms with van der Waals surface area (Å²) >= 11 is 20.0. The van der Waals surface area contributed by atoms with Gasteiger partial charge in [-0.15, -0.1) is 90.7 Å². The number of aryl methyl sites for hydroxylation is 11. The van der Waals surface area contributed by atoms with E-state index in [0.29, 0.717) is 0 Å². The first-order chi connectivity index (χ1) is 48.9. The molecule has 16 rings (SSSR count). The lowest BCUT2D eigenvalue weighted by atomic mass is 9.93. The van der Waals surface area contributed by atoms with E-state index in [0.717, 1.165) is 44.1 Å². The van der Waals surface area contributed by atoms with Crippen LogP contribution < -0.4 is 0 Å². The van der Waals surface area contributed by atoms with Crippen LogP contribution in [0.4, 0.5) is 0 Å². The minimum atomic E-state index is 1.02. The highest BCUT2D eigenvalue weighted by Gasteiger charge is 2.26. The van der Waals surface area contributed by atoms with E-state index in [1.54, 1.807) is 22.7 Å². The van der Waals surface area contributed by atoms with Gasteiger partial charge in [0.05, 0.1) is 46.9 Å². The Bertz CT molecular complexity index is 5310. The minimum absolute atomic E-state index is 1.02. The van der Waals surface area contributed by atoms with E-state index in [2.05, 4.69) is 233 Å². The van der Waals surface area contributed by atoms with E-state index in [9.17, 15) is 0 Å². The summed E-state index contributed by atoms with van der Waals surface area (Å²) in [6.07, 6.45) is 12.9. The Kier molecular flexibility index (Phi) is 23.5. The molecule has 8 nitrogen and oxygen atoms in total. The largest absolute Gasteiger partial charge is 0.172 e. The van der Waals surface area contributed by atoms with Crippen molar-refractivity contribution in [2.75, 3.05) is 0 Å². The topological polar surface area (TPSA) is 103 Å². The molecule has 12 aromatic heterocycles. The molecule has 0 aliphatic carbocycles. The Balaban J connectivity index is 0.000000123. The number of aromatic nitrogens is 8. The molecular formula is C81H82N8S12. The highest BCUT2D eigenvalue weighted by Crippen LogP contribution is 2.49. The highest BCUT2D eigenvalue weighted by molar-refractivity contribution is 7.18. The van der Waals surface area contributed by atoms with Crippen molar-refractivity contribution < 1.29 is 0 Å². The average molecular weight is 1550 g/mol. The summed E-state index contributed by atoms with van der Waals surface area (Å²) in [5.74, 6) is 0. The molecule has 0 unspecified atom stereocenters. The molecule has 0 aliphatic rings. The lowest BCUT2D eigenvalue weighted by Gasteiger charge is -2.13. The molecule has 0 atom stereocenters. The van der Waals surface area contributed by atoms with Gasteiger partial charge in [-0.2, -0.15) is 35.0 Å². The zero-order valence-corrected chi connectivity index (χ0v) is 69.7. The number of thiophene rings is 8. The summed E-state index contributed by atoms with van der Waals surface area (Å²) in [6.45, 7) is 33.1. The first-order valence-corrected chi connectivity index (χ1v) is 43.9. The normalized spacial score (nSPS) is 11.5. The maximum atomic E-state index is 4.85. The Labute approximate surface area is 642 Å². The second-order valence-electron chi connectivity index (χ2n) is 26.1. The van der Waals surface area contributed by atoms with Crippen LogP contribution in [-0.4, -0.2) is 35.0 Å².